The normalized spacial score (nSPS) is 10.4. The zero-order chi connectivity index (χ0) is 12.7. The highest BCUT2D eigenvalue weighted by Crippen LogP contribution is 2.03. The fourth-order valence-corrected chi connectivity index (χ4v) is 1.55. The Balaban J connectivity index is 2.21. The summed E-state index contributed by atoms with van der Waals surface area (Å²) >= 11 is 0. The summed E-state index contributed by atoms with van der Waals surface area (Å²) in [6.45, 7) is 7.62. The van der Waals surface area contributed by atoms with E-state index in [0.29, 0.717) is 12.5 Å². The molecule has 0 bridgehead atoms. The maximum Gasteiger partial charge on any atom is 0.314 e. The van der Waals surface area contributed by atoms with E-state index in [0.717, 1.165) is 13.0 Å². The van der Waals surface area contributed by atoms with Crippen molar-refractivity contribution in [2.45, 2.75) is 27.2 Å². The van der Waals surface area contributed by atoms with Crippen molar-refractivity contribution in [1.29, 1.82) is 0 Å². The average molecular weight is 234 g/mol. The Kier molecular flexibility index (Phi) is 5.53. The van der Waals surface area contributed by atoms with E-state index in [1.807, 2.05) is 6.07 Å². The fraction of sp³-hybridized carbons (Fsp3) is 0.500. The van der Waals surface area contributed by atoms with Gasteiger partial charge in [0.2, 0.25) is 0 Å². The van der Waals surface area contributed by atoms with E-state index in [1.165, 1.54) is 11.1 Å². The van der Waals surface area contributed by atoms with Crippen LogP contribution in [0.25, 0.3) is 0 Å². The molecule has 1 aromatic rings. The molecule has 2 amide bonds. The molecule has 2 N–H and O–H groups in total. The number of hydrogen-bond acceptors (Lipinski definition) is 1. The van der Waals surface area contributed by atoms with Gasteiger partial charge in [0.1, 0.15) is 0 Å². The second-order valence-electron chi connectivity index (χ2n) is 4.77. The standard InChI is InChI=1S/C14H22N2O/c1-11(2)10-16-14(17)15-8-7-13-6-4-5-12(3)9-13/h4-6,9,11H,7-8,10H2,1-3H3,(H2,15,16,17). The summed E-state index contributed by atoms with van der Waals surface area (Å²) < 4.78 is 0. The molecule has 0 fully saturated rings. The molecule has 3 nitrogen and oxygen atoms in total. The van der Waals surface area contributed by atoms with Gasteiger partial charge in [-0.25, -0.2) is 4.79 Å². The Bertz CT molecular complexity index is 361. The van der Waals surface area contributed by atoms with Crippen LogP contribution in [-0.2, 0) is 6.42 Å². The first-order chi connectivity index (χ1) is 8.08. The maximum atomic E-state index is 11.4. The quantitative estimate of drug-likeness (QED) is 0.807. The molecule has 0 aliphatic carbocycles. The second kappa shape index (κ2) is 6.94. The van der Waals surface area contributed by atoms with Crippen LogP contribution < -0.4 is 10.6 Å². The number of rotatable bonds is 5. The lowest BCUT2D eigenvalue weighted by molar-refractivity contribution is 0.239. The highest BCUT2D eigenvalue weighted by atomic mass is 16.2. The van der Waals surface area contributed by atoms with Gasteiger partial charge >= 0.3 is 6.03 Å². The third kappa shape index (κ3) is 5.95. The van der Waals surface area contributed by atoms with Crippen molar-refractivity contribution in [3.63, 3.8) is 0 Å². The lowest BCUT2D eigenvalue weighted by Crippen LogP contribution is -2.38. The first kappa shape index (κ1) is 13.6. The molecule has 0 saturated carbocycles. The number of nitrogens with one attached hydrogen (secondary N) is 2. The third-order valence-corrected chi connectivity index (χ3v) is 2.45. The lowest BCUT2D eigenvalue weighted by atomic mass is 10.1. The predicted molar refractivity (Wildman–Crippen MR) is 71.1 cm³/mol. The number of hydrogen-bond donors (Lipinski definition) is 2. The maximum absolute atomic E-state index is 11.4. The van der Waals surface area contributed by atoms with Crippen LogP contribution in [0.2, 0.25) is 0 Å². The monoisotopic (exact) mass is 234 g/mol. The van der Waals surface area contributed by atoms with Gasteiger partial charge in [-0.3, -0.25) is 0 Å². The van der Waals surface area contributed by atoms with E-state index in [4.69, 9.17) is 0 Å². The van der Waals surface area contributed by atoms with E-state index >= 15 is 0 Å². The van der Waals surface area contributed by atoms with E-state index < -0.39 is 0 Å². The number of carbonyl (C=O) groups is 1. The van der Waals surface area contributed by atoms with E-state index in [2.05, 4.69) is 49.6 Å². The molecule has 0 unspecified atom stereocenters. The molecular formula is C14H22N2O. The summed E-state index contributed by atoms with van der Waals surface area (Å²) in [6, 6.07) is 8.27. The van der Waals surface area contributed by atoms with Crippen LogP contribution in [0.1, 0.15) is 25.0 Å². The topological polar surface area (TPSA) is 41.1 Å². The Labute approximate surface area is 104 Å². The molecular weight excluding hydrogens is 212 g/mol. The minimum atomic E-state index is -0.0775. The number of benzene rings is 1. The van der Waals surface area contributed by atoms with Crippen LogP contribution in [0.3, 0.4) is 0 Å². The Hall–Kier alpha value is -1.51. The third-order valence-electron chi connectivity index (χ3n) is 2.45. The Morgan fingerprint density at radius 2 is 2.06 bits per heavy atom. The summed E-state index contributed by atoms with van der Waals surface area (Å²) in [6.07, 6.45) is 0.872. The molecule has 1 rings (SSSR count). The molecule has 0 aromatic heterocycles. The van der Waals surface area contributed by atoms with Gasteiger partial charge in [0, 0.05) is 13.1 Å². The highest BCUT2D eigenvalue weighted by Gasteiger charge is 2.00. The first-order valence-electron chi connectivity index (χ1n) is 6.15. The van der Waals surface area contributed by atoms with Crippen LogP contribution in [0.5, 0.6) is 0 Å². The van der Waals surface area contributed by atoms with Crippen molar-refractivity contribution in [2.24, 2.45) is 5.92 Å². The molecule has 0 saturated heterocycles. The van der Waals surface area contributed by atoms with Gasteiger partial charge in [-0.05, 0) is 24.8 Å². The average Bonchev–Trinajstić information content (AvgIpc) is 2.26. The lowest BCUT2D eigenvalue weighted by Gasteiger charge is -2.09. The van der Waals surface area contributed by atoms with Gasteiger partial charge in [-0.2, -0.15) is 0 Å². The van der Waals surface area contributed by atoms with Crippen molar-refractivity contribution >= 4 is 6.03 Å². The van der Waals surface area contributed by atoms with Gasteiger partial charge < -0.3 is 10.6 Å². The molecule has 0 atom stereocenters. The van der Waals surface area contributed by atoms with Crippen LogP contribution in [0.4, 0.5) is 4.79 Å². The predicted octanol–water partition coefficient (Wildman–Crippen LogP) is 2.49. The second-order valence-corrected chi connectivity index (χ2v) is 4.77. The van der Waals surface area contributed by atoms with Crippen molar-refractivity contribution in [2.75, 3.05) is 13.1 Å². The van der Waals surface area contributed by atoms with Gasteiger partial charge in [-0.1, -0.05) is 43.7 Å². The number of aryl methyl sites for hydroxylation is 1. The highest BCUT2D eigenvalue weighted by molar-refractivity contribution is 5.73. The molecule has 0 radical (unpaired) electrons. The molecule has 0 spiro atoms. The zero-order valence-electron chi connectivity index (χ0n) is 10.9. The van der Waals surface area contributed by atoms with Crippen LogP contribution >= 0.6 is 0 Å². The van der Waals surface area contributed by atoms with Crippen LogP contribution in [0.15, 0.2) is 24.3 Å². The van der Waals surface area contributed by atoms with Crippen LogP contribution in [0, 0.1) is 12.8 Å². The van der Waals surface area contributed by atoms with Crippen molar-refractivity contribution in [3.05, 3.63) is 35.4 Å². The molecule has 1 aromatic carbocycles. The summed E-state index contributed by atoms with van der Waals surface area (Å²) in [5.74, 6) is 0.484. The van der Waals surface area contributed by atoms with Crippen molar-refractivity contribution in [3.8, 4) is 0 Å². The molecule has 0 aliphatic heterocycles. The van der Waals surface area contributed by atoms with Crippen molar-refractivity contribution in [1.82, 2.24) is 10.6 Å². The summed E-state index contributed by atoms with van der Waals surface area (Å²) in [7, 11) is 0. The first-order valence-corrected chi connectivity index (χ1v) is 6.15. The van der Waals surface area contributed by atoms with Gasteiger partial charge in [-0.15, -0.1) is 0 Å². The van der Waals surface area contributed by atoms with Crippen LogP contribution in [-0.4, -0.2) is 19.1 Å². The number of carbonyl (C=O) groups excluding carboxylic acids is 1. The SMILES string of the molecule is Cc1cccc(CCNC(=O)NCC(C)C)c1. The largest absolute Gasteiger partial charge is 0.338 e. The molecule has 17 heavy (non-hydrogen) atoms. The number of urea groups is 1. The zero-order valence-corrected chi connectivity index (χ0v) is 10.9. The summed E-state index contributed by atoms with van der Waals surface area (Å²) in [5.41, 5.74) is 2.51. The van der Waals surface area contributed by atoms with Crippen molar-refractivity contribution < 1.29 is 4.79 Å². The van der Waals surface area contributed by atoms with E-state index in [-0.39, 0.29) is 6.03 Å². The molecule has 0 aliphatic rings. The van der Waals surface area contributed by atoms with Gasteiger partial charge in [0.25, 0.3) is 0 Å². The summed E-state index contributed by atoms with van der Waals surface area (Å²) in [5, 5.41) is 5.69. The van der Waals surface area contributed by atoms with Gasteiger partial charge in [0.05, 0.1) is 0 Å². The molecule has 3 heteroatoms. The number of amides is 2. The Morgan fingerprint density at radius 1 is 1.29 bits per heavy atom. The smallest absolute Gasteiger partial charge is 0.314 e. The van der Waals surface area contributed by atoms with E-state index in [1.54, 1.807) is 0 Å². The molecule has 0 heterocycles. The van der Waals surface area contributed by atoms with E-state index in [9.17, 15) is 4.79 Å². The molecule has 94 valence electrons. The minimum Gasteiger partial charge on any atom is -0.338 e. The fourth-order valence-electron chi connectivity index (χ4n) is 1.55. The minimum absolute atomic E-state index is 0.0775. The summed E-state index contributed by atoms with van der Waals surface area (Å²) in [4.78, 5) is 11.4. The Morgan fingerprint density at radius 3 is 2.71 bits per heavy atom. The van der Waals surface area contributed by atoms with Gasteiger partial charge in [0.15, 0.2) is 0 Å².